The second kappa shape index (κ2) is 8.72. The van der Waals surface area contributed by atoms with Crippen molar-refractivity contribution in [3.05, 3.63) is 18.3 Å². The first-order valence-corrected chi connectivity index (χ1v) is 8.29. The van der Waals surface area contributed by atoms with E-state index in [-0.39, 0.29) is 6.03 Å². The van der Waals surface area contributed by atoms with Crippen molar-refractivity contribution in [3.63, 3.8) is 0 Å². The lowest BCUT2D eigenvalue weighted by Crippen LogP contribution is -2.41. The summed E-state index contributed by atoms with van der Waals surface area (Å²) in [4.78, 5) is 20.5. The number of aromatic nitrogens is 1. The fourth-order valence-corrected chi connectivity index (χ4v) is 2.90. The standard InChI is InChI=1S/C17H28N4O2/c1-20(2)10-4-5-14-8-11-21(12-9-14)17(22)19-15-6-7-16(23-3)18-13-15/h6-7,13-14H,4-5,8-12H2,1-3H3,(H,19,22). The Morgan fingerprint density at radius 2 is 2.13 bits per heavy atom. The molecule has 1 aromatic heterocycles. The number of urea groups is 1. The number of piperidine rings is 1. The first kappa shape index (κ1) is 17.5. The van der Waals surface area contributed by atoms with E-state index in [2.05, 4.69) is 29.3 Å². The molecule has 1 saturated heterocycles. The molecule has 0 spiro atoms. The molecule has 2 rings (SSSR count). The number of nitrogens with zero attached hydrogens (tertiary/aromatic N) is 3. The van der Waals surface area contributed by atoms with Crippen LogP contribution in [-0.2, 0) is 0 Å². The quantitative estimate of drug-likeness (QED) is 0.875. The van der Waals surface area contributed by atoms with Crippen molar-refractivity contribution in [2.45, 2.75) is 25.7 Å². The van der Waals surface area contributed by atoms with Crippen molar-refractivity contribution in [2.75, 3.05) is 46.2 Å². The summed E-state index contributed by atoms with van der Waals surface area (Å²) in [7, 11) is 5.80. The largest absolute Gasteiger partial charge is 0.481 e. The second-order valence-corrected chi connectivity index (χ2v) is 6.40. The Labute approximate surface area is 138 Å². The Balaban J connectivity index is 1.72. The van der Waals surface area contributed by atoms with Gasteiger partial charge in [-0.1, -0.05) is 0 Å². The summed E-state index contributed by atoms with van der Waals surface area (Å²) in [5.41, 5.74) is 0.698. The molecule has 1 aliphatic rings. The number of ether oxygens (including phenoxy) is 1. The average Bonchev–Trinajstić information content (AvgIpc) is 2.56. The van der Waals surface area contributed by atoms with E-state index >= 15 is 0 Å². The number of hydrogen-bond donors (Lipinski definition) is 1. The van der Waals surface area contributed by atoms with Gasteiger partial charge in [-0.05, 0) is 58.3 Å². The van der Waals surface area contributed by atoms with E-state index in [1.807, 2.05) is 4.90 Å². The van der Waals surface area contributed by atoms with Gasteiger partial charge >= 0.3 is 6.03 Å². The van der Waals surface area contributed by atoms with Crippen molar-refractivity contribution >= 4 is 11.7 Å². The minimum atomic E-state index is -0.0382. The Hall–Kier alpha value is -1.82. The summed E-state index contributed by atoms with van der Waals surface area (Å²) in [5.74, 6) is 1.29. The first-order valence-electron chi connectivity index (χ1n) is 8.29. The van der Waals surface area contributed by atoms with Gasteiger partial charge in [0.15, 0.2) is 0 Å². The Morgan fingerprint density at radius 1 is 1.39 bits per heavy atom. The first-order chi connectivity index (χ1) is 11.1. The van der Waals surface area contributed by atoms with Crippen LogP contribution in [0.3, 0.4) is 0 Å². The summed E-state index contributed by atoms with van der Waals surface area (Å²) >= 11 is 0. The molecule has 1 N–H and O–H groups in total. The number of pyridine rings is 1. The van der Waals surface area contributed by atoms with Crippen molar-refractivity contribution in [3.8, 4) is 5.88 Å². The van der Waals surface area contributed by atoms with Crippen LogP contribution >= 0.6 is 0 Å². The summed E-state index contributed by atoms with van der Waals surface area (Å²) in [6.45, 7) is 2.81. The van der Waals surface area contributed by atoms with Crippen molar-refractivity contribution in [1.82, 2.24) is 14.8 Å². The van der Waals surface area contributed by atoms with E-state index in [0.29, 0.717) is 11.6 Å². The van der Waals surface area contributed by atoms with Gasteiger partial charge in [0.05, 0.1) is 19.0 Å². The summed E-state index contributed by atoms with van der Waals surface area (Å²) in [5, 5.41) is 2.90. The maximum atomic E-state index is 12.3. The van der Waals surface area contributed by atoms with E-state index in [1.54, 1.807) is 25.4 Å². The van der Waals surface area contributed by atoms with Gasteiger partial charge in [-0.15, -0.1) is 0 Å². The van der Waals surface area contributed by atoms with Crippen LogP contribution in [0.15, 0.2) is 18.3 Å². The molecule has 6 nitrogen and oxygen atoms in total. The van der Waals surface area contributed by atoms with E-state index < -0.39 is 0 Å². The van der Waals surface area contributed by atoms with Crippen molar-refractivity contribution < 1.29 is 9.53 Å². The van der Waals surface area contributed by atoms with Crippen LogP contribution in [0.2, 0.25) is 0 Å². The summed E-state index contributed by atoms with van der Waals surface area (Å²) in [6, 6.07) is 3.51. The molecule has 1 aliphatic heterocycles. The third kappa shape index (κ3) is 5.71. The van der Waals surface area contributed by atoms with Crippen LogP contribution in [0.25, 0.3) is 0 Å². The van der Waals surface area contributed by atoms with E-state index in [4.69, 9.17) is 4.74 Å². The van der Waals surface area contributed by atoms with Gasteiger partial charge in [0.25, 0.3) is 0 Å². The minimum Gasteiger partial charge on any atom is -0.481 e. The highest BCUT2D eigenvalue weighted by atomic mass is 16.5. The molecule has 0 radical (unpaired) electrons. The molecule has 0 aliphatic carbocycles. The van der Waals surface area contributed by atoms with E-state index in [0.717, 1.165) is 38.4 Å². The molecule has 2 amide bonds. The maximum absolute atomic E-state index is 12.3. The van der Waals surface area contributed by atoms with Gasteiger partial charge in [0, 0.05) is 19.2 Å². The monoisotopic (exact) mass is 320 g/mol. The van der Waals surface area contributed by atoms with Crippen LogP contribution in [0, 0.1) is 5.92 Å². The van der Waals surface area contributed by atoms with Gasteiger partial charge in [0.1, 0.15) is 0 Å². The number of nitrogens with one attached hydrogen (secondary N) is 1. The smallest absolute Gasteiger partial charge is 0.321 e. The van der Waals surface area contributed by atoms with Crippen molar-refractivity contribution in [1.29, 1.82) is 0 Å². The SMILES string of the molecule is COc1ccc(NC(=O)N2CCC(CCCN(C)C)CC2)cn1. The Bertz CT molecular complexity index is 482. The second-order valence-electron chi connectivity index (χ2n) is 6.40. The highest BCUT2D eigenvalue weighted by Crippen LogP contribution is 2.22. The molecule has 6 heteroatoms. The van der Waals surface area contributed by atoms with Crippen LogP contribution in [-0.4, -0.2) is 61.7 Å². The third-order valence-electron chi connectivity index (χ3n) is 4.32. The number of carbonyl (C=O) groups excluding carboxylic acids is 1. The number of amides is 2. The molecule has 0 aromatic carbocycles. The maximum Gasteiger partial charge on any atom is 0.321 e. The van der Waals surface area contributed by atoms with E-state index in [1.165, 1.54) is 12.8 Å². The zero-order chi connectivity index (χ0) is 16.7. The molecular weight excluding hydrogens is 292 g/mol. The summed E-state index contributed by atoms with van der Waals surface area (Å²) in [6.07, 6.45) is 6.31. The molecule has 0 saturated carbocycles. The number of methoxy groups -OCH3 is 1. The third-order valence-corrected chi connectivity index (χ3v) is 4.32. The zero-order valence-corrected chi connectivity index (χ0v) is 14.4. The lowest BCUT2D eigenvalue weighted by atomic mass is 9.92. The minimum absolute atomic E-state index is 0.0382. The van der Waals surface area contributed by atoms with Gasteiger partial charge in [-0.3, -0.25) is 0 Å². The highest BCUT2D eigenvalue weighted by molar-refractivity contribution is 5.89. The predicted molar refractivity (Wildman–Crippen MR) is 91.9 cm³/mol. The number of likely N-dealkylation sites (tertiary alicyclic amines) is 1. The van der Waals surface area contributed by atoms with Gasteiger partial charge in [-0.25, -0.2) is 9.78 Å². The lowest BCUT2D eigenvalue weighted by molar-refractivity contribution is 0.178. The Kier molecular flexibility index (Phi) is 6.65. The number of hydrogen-bond acceptors (Lipinski definition) is 4. The van der Waals surface area contributed by atoms with Crippen molar-refractivity contribution in [2.24, 2.45) is 5.92 Å². The molecule has 128 valence electrons. The number of carbonyl (C=O) groups is 1. The normalized spacial score (nSPS) is 15.7. The fraction of sp³-hybridized carbons (Fsp3) is 0.647. The predicted octanol–water partition coefficient (Wildman–Crippen LogP) is 2.68. The van der Waals surface area contributed by atoms with E-state index in [9.17, 15) is 4.79 Å². The topological polar surface area (TPSA) is 57.7 Å². The number of anilines is 1. The molecule has 1 fully saturated rings. The van der Waals surface area contributed by atoms with Gasteiger partial charge in [-0.2, -0.15) is 0 Å². The van der Waals surface area contributed by atoms with Crippen LogP contribution in [0.4, 0.5) is 10.5 Å². The highest BCUT2D eigenvalue weighted by Gasteiger charge is 2.22. The zero-order valence-electron chi connectivity index (χ0n) is 14.4. The van der Waals surface area contributed by atoms with Crippen LogP contribution in [0.1, 0.15) is 25.7 Å². The molecular formula is C17H28N4O2. The van der Waals surface area contributed by atoms with Gasteiger partial charge in [0.2, 0.25) is 5.88 Å². The molecule has 1 aromatic rings. The van der Waals surface area contributed by atoms with Crippen LogP contribution in [0.5, 0.6) is 5.88 Å². The fourth-order valence-electron chi connectivity index (χ4n) is 2.90. The molecule has 0 atom stereocenters. The molecule has 0 bridgehead atoms. The number of rotatable bonds is 6. The molecule has 2 heterocycles. The van der Waals surface area contributed by atoms with Gasteiger partial charge < -0.3 is 19.9 Å². The Morgan fingerprint density at radius 3 is 2.70 bits per heavy atom. The average molecular weight is 320 g/mol. The lowest BCUT2D eigenvalue weighted by Gasteiger charge is -2.32. The molecule has 0 unspecified atom stereocenters. The molecule has 23 heavy (non-hydrogen) atoms. The van der Waals surface area contributed by atoms with Crippen LogP contribution < -0.4 is 10.1 Å². The summed E-state index contributed by atoms with van der Waals surface area (Å²) < 4.78 is 5.01.